The molecule has 0 radical (unpaired) electrons. The molecule has 21 heavy (non-hydrogen) atoms. The van der Waals surface area contributed by atoms with Gasteiger partial charge in [0, 0.05) is 16.8 Å². The lowest BCUT2D eigenvalue weighted by molar-refractivity contribution is -0.127. The summed E-state index contributed by atoms with van der Waals surface area (Å²) in [5, 5.41) is 6.19. The summed E-state index contributed by atoms with van der Waals surface area (Å²) in [5.41, 5.74) is 0.606. The number of carbonyl (C=O) groups is 2. The molecule has 114 valence electrons. The number of carbonyl (C=O) groups excluding carboxylic acids is 2. The topological polar surface area (TPSA) is 58.2 Å². The second kappa shape index (κ2) is 8.03. The lowest BCUT2D eigenvalue weighted by atomic mass is 10.1. The van der Waals surface area contributed by atoms with Crippen LogP contribution in [0.25, 0.3) is 0 Å². The zero-order valence-corrected chi connectivity index (χ0v) is 12.8. The van der Waals surface area contributed by atoms with Crippen molar-refractivity contribution in [2.45, 2.75) is 51.0 Å². The minimum atomic E-state index is -0.316. The number of amides is 2. The predicted octanol–water partition coefficient (Wildman–Crippen LogP) is 3.51. The number of hydrogen-bond donors (Lipinski definition) is 2. The zero-order valence-electron chi connectivity index (χ0n) is 12.0. The summed E-state index contributed by atoms with van der Waals surface area (Å²) in [7, 11) is 0. The highest BCUT2D eigenvalue weighted by Crippen LogP contribution is 2.17. The Morgan fingerprint density at radius 1 is 1.10 bits per heavy atom. The summed E-state index contributed by atoms with van der Waals surface area (Å²) in [6.07, 6.45) is 6.66. The number of rotatable bonds is 4. The molecule has 4 nitrogen and oxygen atoms in total. The van der Waals surface area contributed by atoms with Crippen molar-refractivity contribution in [2.24, 2.45) is 0 Å². The zero-order chi connectivity index (χ0) is 15.1. The summed E-state index contributed by atoms with van der Waals surface area (Å²) >= 11 is 5.85. The Morgan fingerprint density at radius 2 is 1.81 bits per heavy atom. The fraction of sp³-hybridized carbons (Fsp3) is 0.500. The third-order valence-electron chi connectivity index (χ3n) is 3.65. The number of anilines is 1. The highest BCUT2D eigenvalue weighted by Gasteiger charge is 2.16. The van der Waals surface area contributed by atoms with Gasteiger partial charge in [-0.05, 0) is 31.0 Å². The van der Waals surface area contributed by atoms with Crippen molar-refractivity contribution in [1.29, 1.82) is 0 Å². The van der Waals surface area contributed by atoms with E-state index in [4.69, 9.17) is 11.6 Å². The molecule has 1 fully saturated rings. The number of halogens is 1. The standard InChI is InChI=1S/C16H21ClN2O2/c17-12-6-5-9-14(10-12)19-16(21)11-15(20)18-13-7-3-1-2-4-8-13/h5-6,9-10,13H,1-4,7-8,11H2,(H,18,20)(H,19,21). The molecular weight excluding hydrogens is 288 g/mol. The van der Waals surface area contributed by atoms with Crippen molar-refractivity contribution in [2.75, 3.05) is 5.32 Å². The molecule has 0 bridgehead atoms. The monoisotopic (exact) mass is 308 g/mol. The van der Waals surface area contributed by atoms with Gasteiger partial charge in [-0.3, -0.25) is 9.59 Å². The van der Waals surface area contributed by atoms with Gasteiger partial charge in [0.05, 0.1) is 0 Å². The van der Waals surface area contributed by atoms with Crippen LogP contribution >= 0.6 is 11.6 Å². The average molecular weight is 309 g/mol. The summed E-state index contributed by atoms with van der Waals surface area (Å²) in [6.45, 7) is 0. The van der Waals surface area contributed by atoms with Crippen LogP contribution in [0.4, 0.5) is 5.69 Å². The second-order valence-corrected chi connectivity index (χ2v) is 5.93. The van der Waals surface area contributed by atoms with Crippen LogP contribution in [0, 0.1) is 0 Å². The Bertz CT molecular complexity index is 497. The van der Waals surface area contributed by atoms with Crippen molar-refractivity contribution in [3.05, 3.63) is 29.3 Å². The first-order valence-corrected chi connectivity index (χ1v) is 7.86. The molecule has 0 heterocycles. The quantitative estimate of drug-likeness (QED) is 0.660. The molecule has 0 atom stereocenters. The predicted molar refractivity (Wildman–Crippen MR) is 84.3 cm³/mol. The third kappa shape index (κ3) is 5.76. The lowest BCUT2D eigenvalue weighted by Crippen LogP contribution is -2.36. The van der Waals surface area contributed by atoms with Crippen LogP contribution in [0.1, 0.15) is 44.9 Å². The maximum absolute atomic E-state index is 11.9. The normalized spacial score (nSPS) is 16.0. The Balaban J connectivity index is 1.77. The average Bonchev–Trinajstić information content (AvgIpc) is 2.67. The largest absolute Gasteiger partial charge is 0.353 e. The van der Waals surface area contributed by atoms with E-state index in [0.29, 0.717) is 10.7 Å². The van der Waals surface area contributed by atoms with E-state index in [9.17, 15) is 9.59 Å². The molecule has 0 unspecified atom stereocenters. The number of benzene rings is 1. The van der Waals surface area contributed by atoms with Crippen LogP contribution in [-0.4, -0.2) is 17.9 Å². The van der Waals surface area contributed by atoms with E-state index in [1.165, 1.54) is 12.8 Å². The van der Waals surface area contributed by atoms with E-state index in [1.807, 2.05) is 0 Å². The molecule has 1 aliphatic rings. The van der Waals surface area contributed by atoms with Gasteiger partial charge in [-0.2, -0.15) is 0 Å². The van der Waals surface area contributed by atoms with Gasteiger partial charge in [0.2, 0.25) is 11.8 Å². The van der Waals surface area contributed by atoms with Crippen molar-refractivity contribution in [3.63, 3.8) is 0 Å². The summed E-state index contributed by atoms with van der Waals surface area (Å²) in [6, 6.07) is 7.11. The fourth-order valence-corrected chi connectivity index (χ4v) is 2.81. The van der Waals surface area contributed by atoms with Gasteiger partial charge in [0.25, 0.3) is 0 Å². The highest BCUT2D eigenvalue weighted by molar-refractivity contribution is 6.30. The second-order valence-electron chi connectivity index (χ2n) is 5.49. The molecule has 2 amide bonds. The molecule has 0 aliphatic heterocycles. The first-order valence-electron chi connectivity index (χ1n) is 7.48. The van der Waals surface area contributed by atoms with Crippen LogP contribution in [0.3, 0.4) is 0 Å². The minimum Gasteiger partial charge on any atom is -0.353 e. The Hall–Kier alpha value is -1.55. The van der Waals surface area contributed by atoms with Gasteiger partial charge < -0.3 is 10.6 Å². The SMILES string of the molecule is O=C(CC(=O)NC1CCCCCC1)Nc1cccc(Cl)c1. The first-order chi connectivity index (χ1) is 10.1. The van der Waals surface area contributed by atoms with E-state index in [0.717, 1.165) is 25.7 Å². The van der Waals surface area contributed by atoms with E-state index in [-0.39, 0.29) is 24.3 Å². The highest BCUT2D eigenvalue weighted by atomic mass is 35.5. The van der Waals surface area contributed by atoms with E-state index >= 15 is 0 Å². The Kier molecular flexibility index (Phi) is 6.05. The molecular formula is C16H21ClN2O2. The molecule has 0 saturated heterocycles. The molecule has 0 aromatic heterocycles. The van der Waals surface area contributed by atoms with Crippen LogP contribution in [0.15, 0.2) is 24.3 Å². The first kappa shape index (κ1) is 15.8. The Labute approximate surface area is 130 Å². The van der Waals surface area contributed by atoms with E-state index in [1.54, 1.807) is 24.3 Å². The van der Waals surface area contributed by atoms with Crippen molar-refractivity contribution in [1.82, 2.24) is 5.32 Å². The van der Waals surface area contributed by atoms with Crippen LogP contribution in [0.5, 0.6) is 0 Å². The number of nitrogens with one attached hydrogen (secondary N) is 2. The van der Waals surface area contributed by atoms with Crippen molar-refractivity contribution in [3.8, 4) is 0 Å². The molecule has 1 aliphatic carbocycles. The molecule has 1 aromatic carbocycles. The maximum atomic E-state index is 11.9. The van der Waals surface area contributed by atoms with Gasteiger partial charge >= 0.3 is 0 Å². The Morgan fingerprint density at radius 3 is 2.48 bits per heavy atom. The van der Waals surface area contributed by atoms with Crippen LogP contribution in [0.2, 0.25) is 5.02 Å². The third-order valence-corrected chi connectivity index (χ3v) is 3.88. The fourth-order valence-electron chi connectivity index (χ4n) is 2.62. The van der Waals surface area contributed by atoms with Gasteiger partial charge in [-0.15, -0.1) is 0 Å². The molecule has 2 N–H and O–H groups in total. The molecule has 1 saturated carbocycles. The van der Waals surface area contributed by atoms with Crippen molar-refractivity contribution >= 4 is 29.1 Å². The van der Waals surface area contributed by atoms with E-state index < -0.39 is 0 Å². The van der Waals surface area contributed by atoms with Crippen LogP contribution < -0.4 is 10.6 Å². The van der Waals surface area contributed by atoms with Crippen molar-refractivity contribution < 1.29 is 9.59 Å². The summed E-state index contributed by atoms with van der Waals surface area (Å²) in [4.78, 5) is 23.7. The van der Waals surface area contributed by atoms with Crippen LogP contribution in [-0.2, 0) is 9.59 Å². The maximum Gasteiger partial charge on any atom is 0.233 e. The van der Waals surface area contributed by atoms with Gasteiger partial charge in [0.1, 0.15) is 6.42 Å². The lowest BCUT2D eigenvalue weighted by Gasteiger charge is -2.16. The van der Waals surface area contributed by atoms with Gasteiger partial charge in [-0.1, -0.05) is 43.4 Å². The molecule has 1 aromatic rings. The van der Waals surface area contributed by atoms with Gasteiger partial charge in [0.15, 0.2) is 0 Å². The van der Waals surface area contributed by atoms with E-state index in [2.05, 4.69) is 10.6 Å². The molecule has 0 spiro atoms. The number of hydrogen-bond acceptors (Lipinski definition) is 2. The van der Waals surface area contributed by atoms with Gasteiger partial charge in [-0.25, -0.2) is 0 Å². The smallest absolute Gasteiger partial charge is 0.233 e. The molecule has 2 rings (SSSR count). The minimum absolute atomic E-state index is 0.150. The molecule has 5 heteroatoms. The summed E-state index contributed by atoms with van der Waals surface area (Å²) in [5.74, 6) is -0.523. The summed E-state index contributed by atoms with van der Waals surface area (Å²) < 4.78 is 0.